The van der Waals surface area contributed by atoms with Gasteiger partial charge >= 0.3 is 0 Å². The third-order valence-electron chi connectivity index (χ3n) is 2.15. The average Bonchev–Trinajstić information content (AvgIpc) is 2.44. The average molecular weight is 286 g/mol. The molecule has 1 aromatic carbocycles. The highest BCUT2D eigenvalue weighted by molar-refractivity contribution is 9.10. The minimum Gasteiger partial charge on any atom is -0.389 e. The summed E-state index contributed by atoms with van der Waals surface area (Å²) in [4.78, 5) is 0. The fourth-order valence-corrected chi connectivity index (χ4v) is 2.81. The predicted octanol–water partition coefficient (Wildman–Crippen LogP) is 2.02. The number of sulfone groups is 1. The Bertz CT molecular complexity index is 573. The molecule has 0 aromatic heterocycles. The Morgan fingerprint density at radius 2 is 1.87 bits per heavy atom. The Kier molecular flexibility index (Phi) is 2.44. The van der Waals surface area contributed by atoms with E-state index in [2.05, 4.69) is 15.9 Å². The zero-order valence-electron chi connectivity index (χ0n) is 7.64. The first-order valence-electron chi connectivity index (χ1n) is 4.20. The quantitative estimate of drug-likeness (QED) is 0.859. The first-order valence-corrected chi connectivity index (χ1v) is 6.54. The van der Waals surface area contributed by atoms with Gasteiger partial charge in [0.15, 0.2) is 0 Å². The number of nitrogens with two attached hydrogens (primary N) is 1. The Balaban J connectivity index is 2.66. The van der Waals surface area contributed by atoms with Crippen LogP contribution in [0.25, 0.3) is 5.57 Å². The topological polar surface area (TPSA) is 60.2 Å². The van der Waals surface area contributed by atoms with E-state index in [1.54, 1.807) is 0 Å². The standard InChI is InChI=1S/C10H8BrNO2S/c11-9-4-2-1-3-7(9)8-5-6-15(13,14)10(8)12/h1-6H,12H2. The van der Waals surface area contributed by atoms with E-state index in [0.29, 0.717) is 5.57 Å². The third-order valence-corrected chi connectivity index (χ3v) is 4.17. The van der Waals surface area contributed by atoms with Crippen LogP contribution in [0.1, 0.15) is 5.56 Å². The van der Waals surface area contributed by atoms with Crippen LogP contribution in [-0.4, -0.2) is 8.42 Å². The molecule has 5 heteroatoms. The number of benzene rings is 1. The van der Waals surface area contributed by atoms with Gasteiger partial charge in [-0.05, 0) is 17.7 Å². The van der Waals surface area contributed by atoms with Crippen LogP contribution in [0.4, 0.5) is 0 Å². The third kappa shape index (κ3) is 1.72. The van der Waals surface area contributed by atoms with Crippen molar-refractivity contribution in [2.45, 2.75) is 0 Å². The fourth-order valence-electron chi connectivity index (χ4n) is 1.37. The van der Waals surface area contributed by atoms with E-state index < -0.39 is 9.84 Å². The second kappa shape index (κ2) is 3.50. The maximum atomic E-state index is 11.4. The van der Waals surface area contributed by atoms with Gasteiger partial charge < -0.3 is 5.73 Å². The van der Waals surface area contributed by atoms with Crippen LogP contribution in [0.5, 0.6) is 0 Å². The van der Waals surface area contributed by atoms with Crippen molar-refractivity contribution >= 4 is 31.3 Å². The largest absolute Gasteiger partial charge is 0.389 e. The van der Waals surface area contributed by atoms with Gasteiger partial charge in [-0.2, -0.15) is 0 Å². The Morgan fingerprint density at radius 1 is 1.20 bits per heavy atom. The number of halogens is 1. The van der Waals surface area contributed by atoms with Gasteiger partial charge in [0.2, 0.25) is 9.84 Å². The van der Waals surface area contributed by atoms with Crippen LogP contribution in [0.3, 0.4) is 0 Å². The first kappa shape index (κ1) is 10.4. The lowest BCUT2D eigenvalue weighted by Gasteiger charge is -2.04. The van der Waals surface area contributed by atoms with Crippen molar-refractivity contribution in [1.29, 1.82) is 0 Å². The van der Waals surface area contributed by atoms with E-state index in [-0.39, 0.29) is 5.03 Å². The second-order valence-corrected chi connectivity index (χ2v) is 5.76. The van der Waals surface area contributed by atoms with E-state index in [4.69, 9.17) is 5.73 Å². The summed E-state index contributed by atoms with van der Waals surface area (Å²) < 4.78 is 23.6. The summed E-state index contributed by atoms with van der Waals surface area (Å²) in [7, 11) is -3.38. The minimum atomic E-state index is -3.38. The van der Waals surface area contributed by atoms with Crippen molar-refractivity contribution in [2.75, 3.05) is 0 Å². The summed E-state index contributed by atoms with van der Waals surface area (Å²) in [6, 6.07) is 7.35. The summed E-state index contributed by atoms with van der Waals surface area (Å²) in [5.41, 5.74) is 6.89. The van der Waals surface area contributed by atoms with Gasteiger partial charge in [-0.3, -0.25) is 0 Å². The molecule has 1 aliphatic heterocycles. The molecule has 2 rings (SSSR count). The molecule has 0 saturated heterocycles. The molecule has 1 aromatic rings. The molecule has 78 valence electrons. The zero-order valence-corrected chi connectivity index (χ0v) is 10.0. The number of rotatable bonds is 1. The summed E-state index contributed by atoms with van der Waals surface area (Å²) >= 11 is 3.35. The molecule has 0 atom stereocenters. The molecule has 0 unspecified atom stereocenters. The van der Waals surface area contributed by atoms with Crippen molar-refractivity contribution < 1.29 is 8.42 Å². The van der Waals surface area contributed by atoms with E-state index in [1.807, 2.05) is 24.3 Å². The Hall–Kier alpha value is -1.07. The van der Waals surface area contributed by atoms with E-state index in [9.17, 15) is 8.42 Å². The van der Waals surface area contributed by atoms with Crippen molar-refractivity contribution in [3.63, 3.8) is 0 Å². The highest BCUT2D eigenvalue weighted by Gasteiger charge is 2.22. The molecular formula is C10H8BrNO2S. The van der Waals surface area contributed by atoms with Crippen LogP contribution in [0.15, 0.2) is 45.3 Å². The van der Waals surface area contributed by atoms with Crippen LogP contribution in [0, 0.1) is 0 Å². The van der Waals surface area contributed by atoms with Crippen molar-refractivity contribution in [2.24, 2.45) is 5.73 Å². The van der Waals surface area contributed by atoms with Crippen molar-refractivity contribution in [3.8, 4) is 0 Å². The van der Waals surface area contributed by atoms with E-state index >= 15 is 0 Å². The zero-order chi connectivity index (χ0) is 11.1. The molecule has 0 fully saturated rings. The Morgan fingerprint density at radius 3 is 2.40 bits per heavy atom. The molecule has 2 N–H and O–H groups in total. The molecular weight excluding hydrogens is 278 g/mol. The highest BCUT2D eigenvalue weighted by Crippen LogP contribution is 2.31. The summed E-state index contributed by atoms with van der Waals surface area (Å²) in [6.07, 6.45) is 1.52. The lowest BCUT2D eigenvalue weighted by Crippen LogP contribution is -2.07. The molecule has 3 nitrogen and oxygen atoms in total. The molecule has 0 aliphatic carbocycles. The molecule has 0 spiro atoms. The van der Waals surface area contributed by atoms with Gasteiger partial charge in [0.25, 0.3) is 0 Å². The second-order valence-electron chi connectivity index (χ2n) is 3.11. The van der Waals surface area contributed by atoms with Gasteiger partial charge in [0, 0.05) is 15.5 Å². The lowest BCUT2D eigenvalue weighted by atomic mass is 10.1. The molecule has 15 heavy (non-hydrogen) atoms. The normalized spacial score (nSPS) is 18.5. The van der Waals surface area contributed by atoms with Gasteiger partial charge in [0.05, 0.1) is 0 Å². The monoisotopic (exact) mass is 285 g/mol. The molecule has 0 radical (unpaired) electrons. The maximum Gasteiger partial charge on any atom is 0.215 e. The molecule has 1 aliphatic rings. The van der Waals surface area contributed by atoms with Gasteiger partial charge in [-0.1, -0.05) is 34.1 Å². The van der Waals surface area contributed by atoms with Crippen LogP contribution in [0.2, 0.25) is 0 Å². The van der Waals surface area contributed by atoms with E-state index in [0.717, 1.165) is 15.4 Å². The van der Waals surface area contributed by atoms with Gasteiger partial charge in [0.1, 0.15) is 5.03 Å². The van der Waals surface area contributed by atoms with Gasteiger partial charge in [-0.15, -0.1) is 0 Å². The summed E-state index contributed by atoms with van der Waals surface area (Å²) in [5, 5.41) is 1.03. The number of hydrogen-bond donors (Lipinski definition) is 1. The summed E-state index contributed by atoms with van der Waals surface area (Å²) in [6.45, 7) is 0. The number of hydrogen-bond acceptors (Lipinski definition) is 3. The molecule has 0 saturated carbocycles. The number of allylic oxidation sites excluding steroid dienone is 2. The van der Waals surface area contributed by atoms with Crippen LogP contribution < -0.4 is 5.73 Å². The predicted molar refractivity (Wildman–Crippen MR) is 63.3 cm³/mol. The lowest BCUT2D eigenvalue weighted by molar-refractivity contribution is 0.610. The highest BCUT2D eigenvalue weighted by atomic mass is 79.9. The first-order chi connectivity index (χ1) is 7.02. The van der Waals surface area contributed by atoms with Gasteiger partial charge in [-0.25, -0.2) is 8.42 Å². The Labute approximate surface area is 96.3 Å². The minimum absolute atomic E-state index is 0.0885. The van der Waals surface area contributed by atoms with Crippen LogP contribution in [-0.2, 0) is 9.84 Å². The van der Waals surface area contributed by atoms with Crippen molar-refractivity contribution in [1.82, 2.24) is 0 Å². The fraction of sp³-hybridized carbons (Fsp3) is 0. The molecule has 0 amide bonds. The smallest absolute Gasteiger partial charge is 0.215 e. The summed E-state index contributed by atoms with van der Waals surface area (Å²) in [5.74, 6) is 0. The van der Waals surface area contributed by atoms with E-state index in [1.165, 1.54) is 6.08 Å². The molecule has 0 bridgehead atoms. The van der Waals surface area contributed by atoms with Crippen molar-refractivity contribution in [3.05, 3.63) is 50.8 Å². The SMILES string of the molecule is NC1=C(c2ccccc2Br)C=CS1(=O)=O. The molecule has 1 heterocycles. The van der Waals surface area contributed by atoms with Crippen LogP contribution >= 0.6 is 15.9 Å². The maximum absolute atomic E-state index is 11.4.